The van der Waals surface area contributed by atoms with Crippen LogP contribution in [0.4, 0.5) is 0 Å². The van der Waals surface area contributed by atoms with Crippen molar-refractivity contribution in [2.45, 2.75) is 0 Å². The summed E-state index contributed by atoms with van der Waals surface area (Å²) < 4.78 is 4.87. The molecule has 0 bridgehead atoms. The van der Waals surface area contributed by atoms with Crippen molar-refractivity contribution in [3.8, 4) is 11.8 Å². The van der Waals surface area contributed by atoms with Gasteiger partial charge in [0.1, 0.15) is 11.8 Å². The number of ether oxygens (including phenoxy) is 1. The van der Waals surface area contributed by atoms with Crippen LogP contribution in [0.5, 0.6) is 5.75 Å². The number of primary amides is 1. The van der Waals surface area contributed by atoms with E-state index in [0.29, 0.717) is 12.0 Å². The van der Waals surface area contributed by atoms with Gasteiger partial charge in [0.05, 0.1) is 18.2 Å². The predicted octanol–water partition coefficient (Wildman–Crippen LogP) is 0.478. The molecule has 0 radical (unpaired) electrons. The summed E-state index contributed by atoms with van der Waals surface area (Å²) in [6.45, 7) is 0. The molecule has 0 saturated carbocycles. The van der Waals surface area contributed by atoms with Crippen LogP contribution >= 0.6 is 0 Å². The molecular weight excluding hydrogens is 196 g/mol. The van der Waals surface area contributed by atoms with Crippen LogP contribution in [0, 0.1) is 11.3 Å². The molecule has 0 fully saturated rings. The molecule has 1 amide bonds. The summed E-state index contributed by atoms with van der Waals surface area (Å²) >= 11 is 0. The minimum atomic E-state index is -0.771. The van der Waals surface area contributed by atoms with E-state index < -0.39 is 5.91 Å². The van der Waals surface area contributed by atoms with E-state index >= 15 is 0 Å². The quantitative estimate of drug-likeness (QED) is 0.724. The van der Waals surface area contributed by atoms with E-state index in [1.165, 1.54) is 19.2 Å². The minimum absolute atomic E-state index is 0.00852. The number of carbonyl (C=O) groups excluding carboxylic acids is 2. The molecule has 0 saturated heterocycles. The molecule has 5 nitrogen and oxygen atoms in total. The van der Waals surface area contributed by atoms with Gasteiger partial charge in [-0.3, -0.25) is 9.59 Å². The lowest BCUT2D eigenvalue weighted by Crippen LogP contribution is -2.14. The lowest BCUT2D eigenvalue weighted by Gasteiger charge is -2.06. The fraction of sp³-hybridized carbons (Fsp3) is 0.100. The number of aldehydes is 1. The van der Waals surface area contributed by atoms with Crippen LogP contribution in [0.2, 0.25) is 0 Å². The smallest absolute Gasteiger partial charge is 0.249 e. The fourth-order valence-corrected chi connectivity index (χ4v) is 1.17. The van der Waals surface area contributed by atoms with Crippen molar-refractivity contribution in [2.75, 3.05) is 7.11 Å². The van der Waals surface area contributed by atoms with E-state index in [2.05, 4.69) is 0 Å². The van der Waals surface area contributed by atoms with Gasteiger partial charge in [-0.1, -0.05) is 0 Å². The van der Waals surface area contributed by atoms with Gasteiger partial charge < -0.3 is 10.5 Å². The summed E-state index contributed by atoms with van der Waals surface area (Å²) in [5.74, 6) is -0.460. The van der Waals surface area contributed by atoms with Gasteiger partial charge in [0.25, 0.3) is 0 Å². The molecule has 2 N–H and O–H groups in total. The van der Waals surface area contributed by atoms with Crippen molar-refractivity contribution in [1.82, 2.24) is 0 Å². The molecule has 0 aromatic heterocycles. The van der Waals surface area contributed by atoms with Gasteiger partial charge in [-0.25, -0.2) is 0 Å². The standard InChI is InChI=1S/C10H8N2O3/c1-15-7-2-6(4-11)9(5-13)8(3-7)10(12)14/h2-3,5H,1H3,(H2,12,14). The Labute approximate surface area is 86.1 Å². The first kappa shape index (κ1) is 10.7. The maximum absolute atomic E-state index is 11.0. The molecule has 1 rings (SSSR count). The van der Waals surface area contributed by atoms with Gasteiger partial charge in [-0.2, -0.15) is 5.26 Å². The second-order valence-electron chi connectivity index (χ2n) is 2.73. The molecule has 0 aliphatic rings. The zero-order chi connectivity index (χ0) is 11.4. The maximum Gasteiger partial charge on any atom is 0.249 e. The number of nitrogens with zero attached hydrogens (tertiary/aromatic N) is 1. The largest absolute Gasteiger partial charge is 0.497 e. The van der Waals surface area contributed by atoms with Crippen LogP contribution in [0.3, 0.4) is 0 Å². The highest BCUT2D eigenvalue weighted by atomic mass is 16.5. The third-order valence-corrected chi connectivity index (χ3v) is 1.89. The summed E-state index contributed by atoms with van der Waals surface area (Å²) in [6.07, 6.45) is 0.429. The second-order valence-corrected chi connectivity index (χ2v) is 2.73. The summed E-state index contributed by atoms with van der Waals surface area (Å²) in [7, 11) is 1.39. The van der Waals surface area contributed by atoms with Gasteiger partial charge in [0.15, 0.2) is 6.29 Å². The topological polar surface area (TPSA) is 93.2 Å². The van der Waals surface area contributed by atoms with E-state index in [4.69, 9.17) is 15.7 Å². The molecule has 1 aromatic rings. The molecule has 76 valence electrons. The highest BCUT2D eigenvalue weighted by Crippen LogP contribution is 2.20. The highest BCUT2D eigenvalue weighted by Gasteiger charge is 2.14. The first-order valence-electron chi connectivity index (χ1n) is 4.01. The number of amides is 1. The normalized spacial score (nSPS) is 9.07. The summed E-state index contributed by atoms with van der Waals surface area (Å²) in [4.78, 5) is 21.7. The molecule has 5 heteroatoms. The Hall–Kier alpha value is -2.35. The molecular formula is C10H8N2O3. The number of benzene rings is 1. The summed E-state index contributed by atoms with van der Waals surface area (Å²) in [5, 5.41) is 8.76. The van der Waals surface area contributed by atoms with E-state index in [0.717, 1.165) is 0 Å². The SMILES string of the molecule is COc1cc(C#N)c(C=O)c(C(N)=O)c1. The van der Waals surface area contributed by atoms with E-state index in [-0.39, 0.29) is 16.7 Å². The Bertz CT molecular complexity index is 460. The molecule has 0 aliphatic heterocycles. The van der Waals surface area contributed by atoms with Crippen LogP contribution in [0.25, 0.3) is 0 Å². The number of carbonyl (C=O) groups is 2. The van der Waals surface area contributed by atoms with E-state index in [1.807, 2.05) is 0 Å². The first-order valence-corrected chi connectivity index (χ1v) is 4.01. The molecule has 0 aliphatic carbocycles. The monoisotopic (exact) mass is 204 g/mol. The molecule has 0 spiro atoms. The van der Waals surface area contributed by atoms with Crippen LogP contribution in [-0.4, -0.2) is 19.3 Å². The third-order valence-electron chi connectivity index (χ3n) is 1.89. The molecule has 1 aromatic carbocycles. The molecule has 0 heterocycles. The van der Waals surface area contributed by atoms with Crippen LogP contribution in [0.15, 0.2) is 12.1 Å². The summed E-state index contributed by atoms with van der Waals surface area (Å²) in [5.41, 5.74) is 5.12. The van der Waals surface area contributed by atoms with Crippen molar-refractivity contribution >= 4 is 12.2 Å². The molecule has 0 unspecified atom stereocenters. The second kappa shape index (κ2) is 4.24. The first-order chi connectivity index (χ1) is 7.13. The summed E-state index contributed by atoms with van der Waals surface area (Å²) in [6, 6.07) is 4.49. The predicted molar refractivity (Wildman–Crippen MR) is 51.6 cm³/mol. The third kappa shape index (κ3) is 1.94. The Morgan fingerprint density at radius 3 is 2.67 bits per heavy atom. The number of nitrogens with two attached hydrogens (primary N) is 1. The van der Waals surface area contributed by atoms with Crippen molar-refractivity contribution in [1.29, 1.82) is 5.26 Å². The lowest BCUT2D eigenvalue weighted by atomic mass is 10.0. The average Bonchev–Trinajstić information content (AvgIpc) is 2.26. The van der Waals surface area contributed by atoms with Crippen molar-refractivity contribution < 1.29 is 14.3 Å². The number of nitriles is 1. The number of rotatable bonds is 3. The van der Waals surface area contributed by atoms with Crippen molar-refractivity contribution in [2.24, 2.45) is 5.73 Å². The fourth-order valence-electron chi connectivity index (χ4n) is 1.17. The van der Waals surface area contributed by atoms with Gasteiger partial charge in [0, 0.05) is 5.56 Å². The highest BCUT2D eigenvalue weighted by molar-refractivity contribution is 6.02. The van der Waals surface area contributed by atoms with Crippen LogP contribution in [0.1, 0.15) is 26.3 Å². The van der Waals surface area contributed by atoms with Crippen LogP contribution < -0.4 is 10.5 Å². The molecule has 15 heavy (non-hydrogen) atoms. The number of methoxy groups -OCH3 is 1. The van der Waals surface area contributed by atoms with Crippen molar-refractivity contribution in [3.63, 3.8) is 0 Å². The van der Waals surface area contributed by atoms with Crippen molar-refractivity contribution in [3.05, 3.63) is 28.8 Å². The van der Waals surface area contributed by atoms with E-state index in [9.17, 15) is 9.59 Å². The van der Waals surface area contributed by atoms with Gasteiger partial charge in [0.2, 0.25) is 5.91 Å². The Balaban J connectivity index is 3.54. The number of hydrogen-bond donors (Lipinski definition) is 1. The van der Waals surface area contributed by atoms with Crippen LogP contribution in [-0.2, 0) is 0 Å². The van der Waals surface area contributed by atoms with Gasteiger partial charge in [-0.15, -0.1) is 0 Å². The van der Waals surface area contributed by atoms with Gasteiger partial charge in [-0.05, 0) is 12.1 Å². The average molecular weight is 204 g/mol. The Morgan fingerprint density at radius 2 is 2.27 bits per heavy atom. The lowest BCUT2D eigenvalue weighted by molar-refractivity contribution is 0.0992. The zero-order valence-corrected chi connectivity index (χ0v) is 7.98. The Morgan fingerprint density at radius 1 is 1.60 bits per heavy atom. The minimum Gasteiger partial charge on any atom is -0.497 e. The zero-order valence-electron chi connectivity index (χ0n) is 7.98. The molecule has 0 atom stereocenters. The van der Waals surface area contributed by atoms with E-state index in [1.54, 1.807) is 6.07 Å². The van der Waals surface area contributed by atoms with Gasteiger partial charge >= 0.3 is 0 Å². The number of hydrogen-bond acceptors (Lipinski definition) is 4. The Kier molecular flexibility index (Phi) is 3.03. The maximum atomic E-state index is 11.0.